The minimum absolute atomic E-state index is 0.249. The Bertz CT molecular complexity index is 2140. The first kappa shape index (κ1) is 35.5. The second kappa shape index (κ2) is 15.2. The summed E-state index contributed by atoms with van der Waals surface area (Å²) in [4.78, 5) is 52.8. The Kier molecular flexibility index (Phi) is 11.0. The van der Waals surface area contributed by atoms with Crippen LogP contribution in [-0.4, -0.2) is 60.3 Å². The summed E-state index contributed by atoms with van der Waals surface area (Å²) in [7, 11) is 4.55. The monoisotopic (exact) mass is 705 g/mol. The largest absolute Gasteiger partial charge is 0.481 e. The summed E-state index contributed by atoms with van der Waals surface area (Å²) in [5, 5.41) is 13.5. The van der Waals surface area contributed by atoms with Crippen LogP contribution in [0.4, 0.5) is 11.5 Å². The average Bonchev–Trinajstić information content (AvgIpc) is 3.12. The van der Waals surface area contributed by atoms with Crippen LogP contribution in [0.15, 0.2) is 64.4 Å². The van der Waals surface area contributed by atoms with Crippen LogP contribution in [0.2, 0.25) is 10.0 Å². The number of carbonyl (C=O) groups is 1. The van der Waals surface area contributed by atoms with Crippen LogP contribution >= 0.6 is 23.2 Å². The third kappa shape index (κ3) is 7.03. The van der Waals surface area contributed by atoms with E-state index in [0.29, 0.717) is 87.7 Å². The van der Waals surface area contributed by atoms with E-state index in [1.54, 1.807) is 25.4 Å². The molecule has 4 heterocycles. The number of carboxylic acid groups (broad SMARTS) is 1. The number of rotatable bonds is 8. The van der Waals surface area contributed by atoms with E-state index in [1.165, 1.54) is 24.9 Å². The maximum atomic E-state index is 13.1. The smallest absolute Gasteiger partial charge is 0.330 e. The predicted octanol–water partition coefficient (Wildman–Crippen LogP) is 6.14. The molecule has 2 N–H and O–H groups in total. The molecule has 1 aliphatic heterocycles. The molecule has 0 aliphatic carbocycles. The number of aromatic nitrogens is 5. The van der Waals surface area contributed by atoms with Crippen LogP contribution in [0.1, 0.15) is 32.4 Å². The molecule has 6 rings (SSSR count). The predicted molar refractivity (Wildman–Crippen MR) is 192 cm³/mol. The highest BCUT2D eigenvalue weighted by molar-refractivity contribution is 6.39. The van der Waals surface area contributed by atoms with E-state index in [0.717, 1.165) is 4.57 Å². The van der Waals surface area contributed by atoms with Crippen molar-refractivity contribution in [3.05, 3.63) is 91.4 Å². The van der Waals surface area contributed by atoms with Gasteiger partial charge < -0.3 is 15.2 Å². The van der Waals surface area contributed by atoms with Gasteiger partial charge in [-0.2, -0.15) is 0 Å². The summed E-state index contributed by atoms with van der Waals surface area (Å²) in [6.07, 6.45) is 4.33. The van der Waals surface area contributed by atoms with Crippen molar-refractivity contribution in [3.63, 3.8) is 0 Å². The minimum atomic E-state index is -0.752. The number of ether oxygens (including phenoxy) is 1. The van der Waals surface area contributed by atoms with Gasteiger partial charge in [0, 0.05) is 43.5 Å². The zero-order valence-corrected chi connectivity index (χ0v) is 29.3. The fourth-order valence-corrected chi connectivity index (χ4v) is 6.47. The van der Waals surface area contributed by atoms with Crippen molar-refractivity contribution in [2.24, 2.45) is 20.0 Å². The van der Waals surface area contributed by atoms with Gasteiger partial charge >= 0.3 is 11.7 Å². The Morgan fingerprint density at radius 1 is 0.959 bits per heavy atom. The lowest BCUT2D eigenvalue weighted by Crippen LogP contribution is -2.37. The molecule has 1 fully saturated rings. The lowest BCUT2D eigenvalue weighted by atomic mass is 9.97. The fraction of sp³-hybridized carbons (Fsp3) is 0.314. The number of piperidine rings is 1. The molecule has 0 bridgehead atoms. The molecule has 12 nitrogen and oxygen atoms in total. The average molecular weight is 707 g/mol. The van der Waals surface area contributed by atoms with Gasteiger partial charge in [0.05, 0.1) is 46.2 Å². The number of pyridine rings is 1. The highest BCUT2D eigenvalue weighted by atomic mass is 35.5. The standard InChI is InChI=1S/C33H31Cl2N7O5.C2H6/c1-40-25-10-13-36-29(26(25)31(43)41(2)33(40)46)38-22-9-5-7-20(28(22)35)19-6-4-8-21(27(19)34)23-16-37-24(30(39-23)47-3)17-42-14-11-18(12-15-42)32(44)45;1-2/h4-10,13,16,18H,11-12,14-15,17H2,1-3H3,(H,36,38)(H,44,45);1-2H3. The summed E-state index contributed by atoms with van der Waals surface area (Å²) in [6, 6.07) is 12.5. The van der Waals surface area contributed by atoms with Crippen LogP contribution in [0.3, 0.4) is 0 Å². The van der Waals surface area contributed by atoms with E-state index in [9.17, 15) is 19.5 Å². The first-order chi connectivity index (χ1) is 23.6. The van der Waals surface area contributed by atoms with E-state index >= 15 is 0 Å². The van der Waals surface area contributed by atoms with E-state index < -0.39 is 17.2 Å². The van der Waals surface area contributed by atoms with Gasteiger partial charge in [0.2, 0.25) is 5.88 Å². The number of nitrogens with one attached hydrogen (secondary N) is 1. The summed E-state index contributed by atoms with van der Waals surface area (Å²) >= 11 is 14.0. The normalized spacial score (nSPS) is 13.5. The van der Waals surface area contributed by atoms with Gasteiger partial charge in [-0.05, 0) is 38.1 Å². The van der Waals surface area contributed by atoms with Crippen molar-refractivity contribution in [2.75, 3.05) is 25.5 Å². The number of anilines is 2. The zero-order valence-electron chi connectivity index (χ0n) is 27.8. The number of aliphatic carboxylic acids is 1. The lowest BCUT2D eigenvalue weighted by molar-refractivity contribution is -0.143. The number of fused-ring (bicyclic) bond motifs is 1. The molecule has 0 amide bonds. The first-order valence-electron chi connectivity index (χ1n) is 15.8. The number of hydrogen-bond donors (Lipinski definition) is 2. The number of methoxy groups -OCH3 is 1. The summed E-state index contributed by atoms with van der Waals surface area (Å²) in [5.41, 5.74) is 3.06. The van der Waals surface area contributed by atoms with Gasteiger partial charge in [0.1, 0.15) is 16.9 Å². The molecular formula is C35H37Cl2N7O5. The third-order valence-corrected chi connectivity index (χ3v) is 9.33. The molecule has 2 aromatic carbocycles. The van der Waals surface area contributed by atoms with Crippen molar-refractivity contribution in [2.45, 2.75) is 33.2 Å². The van der Waals surface area contributed by atoms with Gasteiger partial charge in [-0.1, -0.05) is 67.4 Å². The molecule has 1 aliphatic rings. The van der Waals surface area contributed by atoms with Crippen LogP contribution < -0.4 is 21.3 Å². The van der Waals surface area contributed by atoms with Crippen LogP contribution in [0.25, 0.3) is 33.3 Å². The molecule has 0 spiro atoms. The van der Waals surface area contributed by atoms with E-state index in [4.69, 9.17) is 32.9 Å². The summed E-state index contributed by atoms with van der Waals surface area (Å²) in [5.74, 6) is -0.453. The van der Waals surface area contributed by atoms with Crippen molar-refractivity contribution in [3.8, 4) is 28.3 Å². The highest BCUT2D eigenvalue weighted by Crippen LogP contribution is 2.42. The first-order valence-corrected chi connectivity index (χ1v) is 16.6. The number of aryl methyl sites for hydroxylation is 1. The van der Waals surface area contributed by atoms with Gasteiger partial charge in [-0.15, -0.1) is 0 Å². The number of halogens is 2. The molecule has 3 aromatic heterocycles. The van der Waals surface area contributed by atoms with Crippen molar-refractivity contribution in [1.29, 1.82) is 0 Å². The molecule has 0 radical (unpaired) electrons. The maximum Gasteiger partial charge on any atom is 0.330 e. The van der Waals surface area contributed by atoms with E-state index in [2.05, 4.69) is 20.2 Å². The number of hydrogen-bond acceptors (Lipinski definition) is 9. The fourth-order valence-electron chi connectivity index (χ4n) is 5.87. The lowest BCUT2D eigenvalue weighted by Gasteiger charge is -2.29. The Hall–Kier alpha value is -4.78. The maximum absolute atomic E-state index is 13.1. The second-order valence-electron chi connectivity index (χ2n) is 11.3. The minimum Gasteiger partial charge on any atom is -0.481 e. The number of carboxylic acids is 1. The number of likely N-dealkylation sites (tertiary alicyclic amines) is 1. The molecule has 49 heavy (non-hydrogen) atoms. The number of benzene rings is 2. The van der Waals surface area contributed by atoms with Gasteiger partial charge in [-0.3, -0.25) is 28.6 Å². The van der Waals surface area contributed by atoms with Gasteiger partial charge in [0.15, 0.2) is 0 Å². The molecule has 0 atom stereocenters. The second-order valence-corrected chi connectivity index (χ2v) is 12.1. The van der Waals surface area contributed by atoms with Crippen LogP contribution in [-0.2, 0) is 25.4 Å². The zero-order chi connectivity index (χ0) is 35.4. The molecule has 1 saturated heterocycles. The quantitative estimate of drug-likeness (QED) is 0.193. The Labute approximate surface area is 292 Å². The Morgan fingerprint density at radius 2 is 1.61 bits per heavy atom. The molecule has 0 unspecified atom stereocenters. The molecular weight excluding hydrogens is 669 g/mol. The molecule has 5 aromatic rings. The molecule has 256 valence electrons. The molecule has 0 saturated carbocycles. The Balaban J connectivity index is 0.00000230. The highest BCUT2D eigenvalue weighted by Gasteiger charge is 2.26. The third-order valence-electron chi connectivity index (χ3n) is 8.51. The van der Waals surface area contributed by atoms with Gasteiger partial charge in [0.25, 0.3) is 5.56 Å². The topological polar surface area (TPSA) is 144 Å². The van der Waals surface area contributed by atoms with Crippen molar-refractivity contribution in [1.82, 2.24) is 29.0 Å². The van der Waals surface area contributed by atoms with Crippen LogP contribution in [0, 0.1) is 5.92 Å². The van der Waals surface area contributed by atoms with E-state index in [1.807, 2.05) is 44.2 Å². The Morgan fingerprint density at radius 3 is 2.29 bits per heavy atom. The van der Waals surface area contributed by atoms with Crippen LogP contribution in [0.5, 0.6) is 5.88 Å². The van der Waals surface area contributed by atoms with Crippen molar-refractivity contribution < 1.29 is 14.6 Å². The van der Waals surface area contributed by atoms with Crippen molar-refractivity contribution >= 4 is 51.6 Å². The molecule has 14 heteroatoms. The summed E-state index contributed by atoms with van der Waals surface area (Å²) < 4.78 is 8.02. The summed E-state index contributed by atoms with van der Waals surface area (Å²) in [6.45, 7) is 5.79. The SMILES string of the molecule is CC.COc1nc(-c2cccc(-c3cccc(Nc4nccc5c4c(=O)n(C)c(=O)n5C)c3Cl)c2Cl)cnc1CN1CCC(C(=O)O)CC1. The van der Waals surface area contributed by atoms with Gasteiger partial charge in [-0.25, -0.2) is 14.8 Å². The number of nitrogens with zero attached hydrogens (tertiary/aromatic N) is 6. The van der Waals surface area contributed by atoms with E-state index in [-0.39, 0.29) is 17.1 Å².